The van der Waals surface area contributed by atoms with Crippen LogP contribution in [0.5, 0.6) is 5.88 Å². The molecule has 1 N–H and O–H groups in total. The first-order valence-corrected chi connectivity index (χ1v) is 14.7. The van der Waals surface area contributed by atoms with Gasteiger partial charge in [-0.15, -0.1) is 0 Å². The molecule has 0 spiro atoms. The van der Waals surface area contributed by atoms with Crippen LogP contribution in [0, 0.1) is 5.92 Å². The number of halogens is 3. The van der Waals surface area contributed by atoms with Gasteiger partial charge in [0, 0.05) is 56.0 Å². The van der Waals surface area contributed by atoms with Crippen molar-refractivity contribution in [3.8, 4) is 5.88 Å². The fraction of sp³-hybridized carbons (Fsp3) is 0.655. The fourth-order valence-corrected chi connectivity index (χ4v) is 6.76. The van der Waals surface area contributed by atoms with Crippen LogP contribution in [-0.4, -0.2) is 92.6 Å². The zero-order chi connectivity index (χ0) is 29.6. The topological polar surface area (TPSA) is 110 Å². The molecule has 2 aromatic heterocycles. The van der Waals surface area contributed by atoms with Crippen molar-refractivity contribution in [1.82, 2.24) is 24.6 Å². The van der Waals surface area contributed by atoms with Crippen molar-refractivity contribution in [1.29, 1.82) is 0 Å². The third-order valence-electron chi connectivity index (χ3n) is 9.01. The quantitative estimate of drug-likeness (QED) is 0.503. The number of hydrogen-bond donors (Lipinski definition) is 1. The molecule has 2 aliphatic heterocycles. The zero-order valence-corrected chi connectivity index (χ0v) is 23.6. The lowest BCUT2D eigenvalue weighted by atomic mass is 10.0. The lowest BCUT2D eigenvalue weighted by Crippen LogP contribution is -2.48. The van der Waals surface area contributed by atoms with E-state index in [4.69, 9.17) is 19.7 Å². The van der Waals surface area contributed by atoms with Gasteiger partial charge in [-0.05, 0) is 56.6 Å². The number of pyridine rings is 1. The number of ether oxygens (including phenoxy) is 2. The van der Waals surface area contributed by atoms with E-state index in [2.05, 4.69) is 4.98 Å². The van der Waals surface area contributed by atoms with Gasteiger partial charge in [-0.25, -0.2) is 4.98 Å². The average Bonchev–Trinajstić information content (AvgIpc) is 3.49. The lowest BCUT2D eigenvalue weighted by Gasteiger charge is -2.37. The second-order valence-electron chi connectivity index (χ2n) is 11.8. The molecule has 0 aromatic carbocycles. The molecular weight excluding hydrogens is 555 g/mol. The molecule has 1 saturated carbocycles. The number of rotatable bonds is 8. The smallest absolute Gasteiger partial charge is 0.421 e. The third kappa shape index (κ3) is 5.72. The summed E-state index contributed by atoms with van der Waals surface area (Å²) in [4.78, 5) is 34.4. The molecule has 42 heavy (non-hydrogen) atoms. The largest absolute Gasteiger partial charge is 0.474 e. The van der Waals surface area contributed by atoms with Gasteiger partial charge in [-0.2, -0.15) is 18.3 Å². The van der Waals surface area contributed by atoms with E-state index in [9.17, 15) is 22.8 Å². The van der Waals surface area contributed by atoms with Crippen LogP contribution >= 0.6 is 0 Å². The number of likely N-dealkylation sites (tertiary alicyclic amines) is 2. The van der Waals surface area contributed by atoms with Crippen molar-refractivity contribution in [2.24, 2.45) is 5.92 Å². The summed E-state index contributed by atoms with van der Waals surface area (Å²) in [5, 5.41) is 13.7. The van der Waals surface area contributed by atoms with Crippen molar-refractivity contribution in [3.63, 3.8) is 0 Å². The Labute approximate surface area is 241 Å². The first-order valence-electron chi connectivity index (χ1n) is 14.7. The summed E-state index contributed by atoms with van der Waals surface area (Å²) in [5.74, 6) is 0.148. The van der Waals surface area contributed by atoms with Crippen molar-refractivity contribution < 1.29 is 37.3 Å². The molecule has 2 aromatic rings. The molecule has 4 atom stereocenters. The summed E-state index contributed by atoms with van der Waals surface area (Å²) in [7, 11) is 0. The summed E-state index contributed by atoms with van der Waals surface area (Å²) < 4.78 is 53.1. The lowest BCUT2D eigenvalue weighted by molar-refractivity contribution is -0.140. The van der Waals surface area contributed by atoms with Crippen LogP contribution in [0.4, 0.5) is 13.2 Å². The molecule has 2 aliphatic carbocycles. The number of aromatic nitrogens is 3. The highest BCUT2D eigenvalue weighted by Crippen LogP contribution is 2.57. The van der Waals surface area contributed by atoms with E-state index in [1.807, 2.05) is 11.8 Å². The van der Waals surface area contributed by atoms with Gasteiger partial charge in [0.1, 0.15) is 18.2 Å². The minimum atomic E-state index is -4.57. The summed E-state index contributed by atoms with van der Waals surface area (Å²) in [6.07, 6.45) is 0.252. The maximum absolute atomic E-state index is 13.6. The molecule has 228 valence electrons. The number of piperidine rings is 2. The van der Waals surface area contributed by atoms with Gasteiger partial charge in [0.15, 0.2) is 5.69 Å². The van der Waals surface area contributed by atoms with Crippen LogP contribution in [-0.2, 0) is 28.7 Å². The molecule has 6 rings (SSSR count). The van der Waals surface area contributed by atoms with Crippen LogP contribution in [0.25, 0.3) is 0 Å². The summed E-state index contributed by atoms with van der Waals surface area (Å²) in [5.41, 5.74) is 1.50. The maximum atomic E-state index is 13.6. The molecule has 10 nitrogen and oxygen atoms in total. The summed E-state index contributed by atoms with van der Waals surface area (Å²) in [6, 6.07) is 1.93. The maximum Gasteiger partial charge on any atom is 0.421 e. The van der Waals surface area contributed by atoms with E-state index in [1.165, 1.54) is 12.3 Å². The second kappa shape index (κ2) is 11.5. The van der Waals surface area contributed by atoms with E-state index < -0.39 is 23.7 Å². The van der Waals surface area contributed by atoms with E-state index in [0.717, 1.165) is 30.2 Å². The minimum absolute atomic E-state index is 0.0143. The van der Waals surface area contributed by atoms with Crippen LogP contribution in [0.1, 0.15) is 72.3 Å². The van der Waals surface area contributed by atoms with E-state index in [1.54, 1.807) is 9.58 Å². The number of fused-ring (bicyclic) bond motifs is 3. The minimum Gasteiger partial charge on any atom is -0.474 e. The number of aliphatic hydroxyl groups is 1. The zero-order valence-electron chi connectivity index (χ0n) is 23.6. The number of aliphatic hydroxyl groups excluding tert-OH is 1. The van der Waals surface area contributed by atoms with Crippen LogP contribution in [0.3, 0.4) is 0 Å². The Morgan fingerprint density at radius 3 is 2.60 bits per heavy atom. The van der Waals surface area contributed by atoms with E-state index in [0.29, 0.717) is 69.5 Å². The number of nitrogens with zero attached hydrogens (tertiary/aromatic N) is 5. The number of alkyl halides is 3. The fourth-order valence-electron chi connectivity index (χ4n) is 6.76. The molecular formula is C29H36F3N5O5. The monoisotopic (exact) mass is 591 g/mol. The van der Waals surface area contributed by atoms with E-state index in [-0.39, 0.29) is 37.1 Å². The Kier molecular flexibility index (Phi) is 7.90. The normalized spacial score (nSPS) is 25.7. The summed E-state index contributed by atoms with van der Waals surface area (Å²) in [6.45, 7) is 3.60. The molecule has 4 aliphatic rings. The molecule has 4 heterocycles. The second-order valence-corrected chi connectivity index (χ2v) is 11.8. The summed E-state index contributed by atoms with van der Waals surface area (Å²) >= 11 is 0. The van der Waals surface area contributed by atoms with Gasteiger partial charge in [0.25, 0.3) is 5.91 Å². The standard InChI is InChI=1S/C29H36F3N5O5/c1-17-13-20(42-27-22(29(30,31)32)3-2-7-33-27)6-10-36(17)24(39)16-37-23-15-18-14-21(18)25(23)26(34-37)28(40)35-8-4-19(5-9-35)41-12-11-38/h2-3,7,17-21,38H,4-6,8-16H2,1H3/t17-,18-,20-,21-/m1/s1. The van der Waals surface area contributed by atoms with Gasteiger partial charge >= 0.3 is 6.18 Å². The van der Waals surface area contributed by atoms with Crippen LogP contribution in [0.2, 0.25) is 0 Å². The first-order chi connectivity index (χ1) is 20.1. The number of hydrogen-bond acceptors (Lipinski definition) is 7. The molecule has 0 radical (unpaired) electrons. The van der Waals surface area contributed by atoms with Gasteiger partial charge < -0.3 is 24.4 Å². The van der Waals surface area contributed by atoms with Crippen molar-refractivity contribution in [3.05, 3.63) is 40.8 Å². The predicted molar refractivity (Wildman–Crippen MR) is 143 cm³/mol. The Morgan fingerprint density at radius 2 is 1.88 bits per heavy atom. The highest BCUT2D eigenvalue weighted by atomic mass is 19.4. The first kappa shape index (κ1) is 28.9. The SMILES string of the molecule is C[C@@H]1C[C@H](Oc2ncccc2C(F)(F)F)CCN1C(=O)Cn1nc(C(=O)N2CCC(OCCO)CC2)c2c1C[C@H]1C[C@@H]21. The molecule has 3 fully saturated rings. The number of carbonyl (C=O) groups excluding carboxylic acids is 2. The highest BCUT2D eigenvalue weighted by molar-refractivity contribution is 5.95. The third-order valence-corrected chi connectivity index (χ3v) is 9.01. The van der Waals surface area contributed by atoms with Crippen LogP contribution < -0.4 is 4.74 Å². The molecule has 2 saturated heterocycles. The van der Waals surface area contributed by atoms with Crippen LogP contribution in [0.15, 0.2) is 18.3 Å². The van der Waals surface area contributed by atoms with Gasteiger partial charge in [-0.3, -0.25) is 14.3 Å². The van der Waals surface area contributed by atoms with Gasteiger partial charge in [0.05, 0.1) is 19.3 Å². The Hall–Kier alpha value is -3.19. The number of carbonyl (C=O) groups is 2. The van der Waals surface area contributed by atoms with Gasteiger partial charge in [0.2, 0.25) is 11.8 Å². The molecule has 0 bridgehead atoms. The van der Waals surface area contributed by atoms with Crippen molar-refractivity contribution in [2.75, 3.05) is 32.8 Å². The Bertz CT molecular complexity index is 1330. The molecule has 2 amide bonds. The Morgan fingerprint density at radius 1 is 1.12 bits per heavy atom. The molecule has 13 heteroatoms. The van der Waals surface area contributed by atoms with E-state index >= 15 is 0 Å². The van der Waals surface area contributed by atoms with Crippen molar-refractivity contribution in [2.45, 2.75) is 82.3 Å². The predicted octanol–water partition coefficient (Wildman–Crippen LogP) is 3.03. The Balaban J connectivity index is 1.10. The van der Waals surface area contributed by atoms with Gasteiger partial charge in [-0.1, -0.05) is 0 Å². The highest BCUT2D eigenvalue weighted by Gasteiger charge is 2.51. The average molecular weight is 592 g/mol. The number of amides is 2. The van der Waals surface area contributed by atoms with Crippen molar-refractivity contribution >= 4 is 11.8 Å². The molecule has 0 unspecified atom stereocenters.